The zero-order valence-electron chi connectivity index (χ0n) is 8.01. The number of methoxy groups -OCH3 is 1. The Morgan fingerprint density at radius 2 is 2.31 bits per heavy atom. The molecule has 0 amide bonds. The van der Waals surface area contributed by atoms with Gasteiger partial charge in [0.05, 0.1) is 19.3 Å². The summed E-state index contributed by atoms with van der Waals surface area (Å²) in [6.45, 7) is 1.79. The molecule has 2 unspecified atom stereocenters. The van der Waals surface area contributed by atoms with E-state index in [1.165, 1.54) is 4.80 Å². The van der Waals surface area contributed by atoms with Crippen LogP contribution in [0, 0.1) is 0 Å². The lowest BCUT2D eigenvalue weighted by molar-refractivity contribution is -0.000562. The van der Waals surface area contributed by atoms with Crippen LogP contribution in [0.5, 0.6) is 0 Å². The van der Waals surface area contributed by atoms with Crippen LogP contribution in [0.15, 0.2) is 0 Å². The molecule has 1 aromatic rings. The third-order valence-corrected chi connectivity index (χ3v) is 1.86. The van der Waals surface area contributed by atoms with Crippen molar-refractivity contribution >= 4 is 0 Å². The number of hydrogen-bond donors (Lipinski definition) is 1. The van der Waals surface area contributed by atoms with Crippen molar-refractivity contribution in [2.75, 3.05) is 7.11 Å². The van der Waals surface area contributed by atoms with Crippen LogP contribution in [0.4, 0.5) is 0 Å². The second-order valence-corrected chi connectivity index (χ2v) is 2.91. The molecule has 13 heavy (non-hydrogen) atoms. The summed E-state index contributed by atoms with van der Waals surface area (Å²) in [6.07, 6.45) is -0.443. The van der Waals surface area contributed by atoms with Gasteiger partial charge in [-0.1, -0.05) is 0 Å². The van der Waals surface area contributed by atoms with E-state index in [-0.39, 0.29) is 6.10 Å². The highest BCUT2D eigenvalue weighted by atomic mass is 16.5. The molecule has 0 aliphatic heterocycles. The fraction of sp³-hybridized carbons (Fsp3) is 0.857. The van der Waals surface area contributed by atoms with Crippen LogP contribution in [0.3, 0.4) is 0 Å². The molecule has 0 saturated carbocycles. The monoisotopic (exact) mass is 186 g/mol. The lowest BCUT2D eigenvalue weighted by atomic mass is 10.1. The van der Waals surface area contributed by atoms with Gasteiger partial charge < -0.3 is 9.84 Å². The summed E-state index contributed by atoms with van der Waals surface area (Å²) < 4.78 is 4.96. The zero-order valence-corrected chi connectivity index (χ0v) is 8.01. The molecule has 1 rings (SSSR count). The average molecular weight is 186 g/mol. The average Bonchev–Trinajstić information content (AvgIpc) is 2.49. The number of aliphatic hydroxyl groups excluding tert-OH is 1. The van der Waals surface area contributed by atoms with Gasteiger partial charge in [-0.05, 0) is 12.1 Å². The molecule has 1 N–H and O–H groups in total. The van der Waals surface area contributed by atoms with Crippen LogP contribution in [0.1, 0.15) is 12.7 Å². The molecule has 1 heterocycles. The lowest BCUT2D eigenvalue weighted by Gasteiger charge is -2.14. The van der Waals surface area contributed by atoms with Crippen LogP contribution in [-0.4, -0.2) is 44.6 Å². The van der Waals surface area contributed by atoms with Crippen molar-refractivity contribution in [1.82, 2.24) is 20.2 Å². The van der Waals surface area contributed by atoms with Gasteiger partial charge >= 0.3 is 0 Å². The Kier molecular flexibility index (Phi) is 3.32. The highest BCUT2D eigenvalue weighted by molar-refractivity contribution is 4.83. The van der Waals surface area contributed by atoms with E-state index in [2.05, 4.69) is 15.4 Å². The SMILES string of the molecule is COC(C)C(O)Cc1nnn(C)n1. The summed E-state index contributed by atoms with van der Waals surface area (Å²) in [5.74, 6) is 0.527. The van der Waals surface area contributed by atoms with E-state index >= 15 is 0 Å². The number of aromatic nitrogens is 4. The fourth-order valence-electron chi connectivity index (χ4n) is 0.915. The van der Waals surface area contributed by atoms with Crippen molar-refractivity contribution in [2.24, 2.45) is 7.05 Å². The molecular formula is C7H14N4O2. The number of aryl methyl sites for hydroxylation is 1. The standard InChI is InChI=1S/C7H14N4O2/c1-5(13-3)6(12)4-7-8-10-11(2)9-7/h5-6,12H,4H2,1-3H3. The van der Waals surface area contributed by atoms with Crippen molar-refractivity contribution in [1.29, 1.82) is 0 Å². The lowest BCUT2D eigenvalue weighted by Crippen LogP contribution is -2.27. The van der Waals surface area contributed by atoms with Gasteiger partial charge in [0, 0.05) is 13.5 Å². The Balaban J connectivity index is 2.49. The predicted octanol–water partition coefficient (Wildman–Crippen LogP) is -0.852. The molecule has 2 atom stereocenters. The Labute approximate surface area is 76.5 Å². The summed E-state index contributed by atoms with van der Waals surface area (Å²) >= 11 is 0. The first-order valence-corrected chi connectivity index (χ1v) is 4.07. The van der Waals surface area contributed by atoms with Gasteiger partial charge in [-0.2, -0.15) is 4.80 Å². The summed E-state index contributed by atoms with van der Waals surface area (Å²) in [5, 5.41) is 20.9. The van der Waals surface area contributed by atoms with Gasteiger partial charge in [0.25, 0.3) is 0 Å². The molecule has 1 aromatic heterocycles. The minimum Gasteiger partial charge on any atom is -0.390 e. The Hall–Kier alpha value is -1.01. The van der Waals surface area contributed by atoms with E-state index in [1.807, 2.05) is 0 Å². The van der Waals surface area contributed by atoms with Gasteiger partial charge in [0.15, 0.2) is 5.82 Å². The molecule has 0 saturated heterocycles. The largest absolute Gasteiger partial charge is 0.390 e. The Morgan fingerprint density at radius 3 is 2.77 bits per heavy atom. The highest BCUT2D eigenvalue weighted by Crippen LogP contribution is 2.02. The third-order valence-electron chi connectivity index (χ3n) is 1.86. The predicted molar refractivity (Wildman–Crippen MR) is 45.0 cm³/mol. The number of aliphatic hydroxyl groups is 1. The van der Waals surface area contributed by atoms with Gasteiger partial charge in [-0.25, -0.2) is 0 Å². The maximum absolute atomic E-state index is 9.54. The summed E-state index contributed by atoms with van der Waals surface area (Å²) in [7, 11) is 3.24. The van der Waals surface area contributed by atoms with E-state index < -0.39 is 6.10 Å². The van der Waals surface area contributed by atoms with Crippen molar-refractivity contribution < 1.29 is 9.84 Å². The van der Waals surface area contributed by atoms with Crippen LogP contribution >= 0.6 is 0 Å². The molecule has 6 heteroatoms. The topological polar surface area (TPSA) is 73.1 Å². The molecule has 0 fully saturated rings. The number of ether oxygens (including phenoxy) is 1. The molecule has 0 aliphatic rings. The molecule has 0 spiro atoms. The second kappa shape index (κ2) is 4.29. The van der Waals surface area contributed by atoms with Crippen molar-refractivity contribution in [3.05, 3.63) is 5.82 Å². The Bertz CT molecular complexity index is 263. The van der Waals surface area contributed by atoms with E-state index in [1.54, 1.807) is 21.1 Å². The van der Waals surface area contributed by atoms with Gasteiger partial charge in [-0.3, -0.25) is 0 Å². The van der Waals surface area contributed by atoms with E-state index in [9.17, 15) is 5.11 Å². The van der Waals surface area contributed by atoms with Crippen LogP contribution in [0.25, 0.3) is 0 Å². The smallest absolute Gasteiger partial charge is 0.177 e. The van der Waals surface area contributed by atoms with Gasteiger partial charge in [0.2, 0.25) is 0 Å². The maximum Gasteiger partial charge on any atom is 0.177 e. The first kappa shape index (κ1) is 10.1. The molecular weight excluding hydrogens is 172 g/mol. The summed E-state index contributed by atoms with van der Waals surface area (Å²) in [6, 6.07) is 0. The second-order valence-electron chi connectivity index (χ2n) is 2.91. The van der Waals surface area contributed by atoms with Crippen LogP contribution in [-0.2, 0) is 18.2 Å². The molecule has 74 valence electrons. The first-order valence-electron chi connectivity index (χ1n) is 4.07. The molecule has 0 aliphatic carbocycles. The quantitative estimate of drug-likeness (QED) is 0.663. The molecule has 0 bridgehead atoms. The van der Waals surface area contributed by atoms with Crippen LogP contribution in [0.2, 0.25) is 0 Å². The van der Waals surface area contributed by atoms with E-state index in [0.717, 1.165) is 0 Å². The van der Waals surface area contributed by atoms with Crippen LogP contribution < -0.4 is 0 Å². The number of hydrogen-bond acceptors (Lipinski definition) is 5. The number of rotatable bonds is 4. The van der Waals surface area contributed by atoms with Crippen molar-refractivity contribution in [3.8, 4) is 0 Å². The van der Waals surface area contributed by atoms with Crippen molar-refractivity contribution in [2.45, 2.75) is 25.6 Å². The highest BCUT2D eigenvalue weighted by Gasteiger charge is 2.16. The fourth-order valence-corrected chi connectivity index (χ4v) is 0.915. The van der Waals surface area contributed by atoms with Gasteiger partial charge in [-0.15, -0.1) is 10.2 Å². The van der Waals surface area contributed by atoms with E-state index in [0.29, 0.717) is 12.2 Å². The molecule has 0 radical (unpaired) electrons. The number of tetrazole rings is 1. The minimum absolute atomic E-state index is 0.219. The maximum atomic E-state index is 9.54. The van der Waals surface area contributed by atoms with Gasteiger partial charge in [0.1, 0.15) is 0 Å². The zero-order chi connectivity index (χ0) is 9.84. The van der Waals surface area contributed by atoms with Crippen molar-refractivity contribution in [3.63, 3.8) is 0 Å². The van der Waals surface area contributed by atoms with E-state index in [4.69, 9.17) is 4.74 Å². The third kappa shape index (κ3) is 2.74. The normalized spacial score (nSPS) is 15.7. The Morgan fingerprint density at radius 1 is 1.62 bits per heavy atom. The molecule has 0 aromatic carbocycles. The molecule has 6 nitrogen and oxygen atoms in total. The summed E-state index contributed by atoms with van der Waals surface area (Å²) in [4.78, 5) is 1.36. The minimum atomic E-state index is -0.589. The summed E-state index contributed by atoms with van der Waals surface area (Å²) in [5.41, 5.74) is 0. The number of nitrogens with zero attached hydrogens (tertiary/aromatic N) is 4. The first-order chi connectivity index (χ1) is 6.13.